The molecule has 0 unspecified atom stereocenters. The van der Waals surface area contributed by atoms with E-state index in [1.807, 2.05) is 12.1 Å². The van der Waals surface area contributed by atoms with Gasteiger partial charge in [0.25, 0.3) is 0 Å². The van der Waals surface area contributed by atoms with Gasteiger partial charge in [0, 0.05) is 12.5 Å². The standard InChI is InChI=1S/C12H14N2O2/c1-3-5-10-6-4-7-11(12(10)16)8-13-14-9(2)15/h3-4,6-8,16H,1,5H2,2H3,(H,14,15). The molecule has 2 N–H and O–H groups in total. The summed E-state index contributed by atoms with van der Waals surface area (Å²) in [6.07, 6.45) is 3.71. The number of carbonyl (C=O) groups excluding carboxylic acids is 1. The first-order valence-electron chi connectivity index (χ1n) is 4.86. The molecule has 0 aliphatic heterocycles. The molecule has 0 fully saturated rings. The molecule has 1 aromatic carbocycles. The van der Waals surface area contributed by atoms with Crippen LogP contribution in [-0.2, 0) is 11.2 Å². The highest BCUT2D eigenvalue weighted by Gasteiger charge is 2.03. The topological polar surface area (TPSA) is 61.7 Å². The third-order valence-corrected chi connectivity index (χ3v) is 1.94. The van der Waals surface area contributed by atoms with Gasteiger partial charge < -0.3 is 5.11 Å². The smallest absolute Gasteiger partial charge is 0.236 e. The summed E-state index contributed by atoms with van der Waals surface area (Å²) in [7, 11) is 0. The van der Waals surface area contributed by atoms with Crippen molar-refractivity contribution >= 4 is 12.1 Å². The number of phenols is 1. The molecule has 0 spiro atoms. The van der Waals surface area contributed by atoms with Crippen LogP contribution in [0.5, 0.6) is 5.75 Å². The number of benzene rings is 1. The summed E-state index contributed by atoms with van der Waals surface area (Å²) in [6.45, 7) is 4.98. The second-order valence-electron chi connectivity index (χ2n) is 3.27. The van der Waals surface area contributed by atoms with Gasteiger partial charge in [-0.05, 0) is 18.1 Å². The molecule has 1 amide bonds. The Balaban J connectivity index is 2.88. The zero-order valence-electron chi connectivity index (χ0n) is 9.10. The first kappa shape index (κ1) is 12.0. The lowest BCUT2D eigenvalue weighted by molar-refractivity contribution is -0.118. The molecular weight excluding hydrogens is 204 g/mol. The minimum absolute atomic E-state index is 0.163. The summed E-state index contributed by atoms with van der Waals surface area (Å²) in [5.74, 6) is -0.0884. The number of para-hydroxylation sites is 1. The Morgan fingerprint density at radius 3 is 3.00 bits per heavy atom. The van der Waals surface area contributed by atoms with Crippen molar-refractivity contribution in [1.29, 1.82) is 0 Å². The minimum atomic E-state index is -0.252. The number of allylic oxidation sites excluding steroid dienone is 1. The molecule has 1 aromatic rings. The molecular formula is C12H14N2O2. The molecule has 1 rings (SSSR count). The van der Waals surface area contributed by atoms with Crippen molar-refractivity contribution < 1.29 is 9.90 Å². The fourth-order valence-electron chi connectivity index (χ4n) is 1.23. The lowest BCUT2D eigenvalue weighted by atomic mass is 10.1. The van der Waals surface area contributed by atoms with E-state index < -0.39 is 0 Å². The molecule has 84 valence electrons. The van der Waals surface area contributed by atoms with Crippen LogP contribution in [0.3, 0.4) is 0 Å². The van der Waals surface area contributed by atoms with Gasteiger partial charge in [-0.25, -0.2) is 5.43 Å². The number of amides is 1. The van der Waals surface area contributed by atoms with Crippen molar-refractivity contribution in [3.8, 4) is 5.75 Å². The quantitative estimate of drug-likeness (QED) is 0.458. The molecule has 0 saturated carbocycles. The van der Waals surface area contributed by atoms with Crippen molar-refractivity contribution in [3.63, 3.8) is 0 Å². The van der Waals surface area contributed by atoms with Gasteiger partial charge in [-0.1, -0.05) is 18.2 Å². The van der Waals surface area contributed by atoms with Crippen LogP contribution in [0.25, 0.3) is 0 Å². The molecule has 0 aliphatic rings. The van der Waals surface area contributed by atoms with E-state index in [-0.39, 0.29) is 11.7 Å². The summed E-state index contributed by atoms with van der Waals surface area (Å²) in [5, 5.41) is 13.5. The first-order valence-corrected chi connectivity index (χ1v) is 4.86. The van der Waals surface area contributed by atoms with Gasteiger partial charge in [0.2, 0.25) is 5.91 Å². The highest BCUT2D eigenvalue weighted by Crippen LogP contribution is 2.21. The van der Waals surface area contributed by atoms with Crippen LogP contribution in [0, 0.1) is 0 Å². The van der Waals surface area contributed by atoms with Gasteiger partial charge in [0.1, 0.15) is 5.75 Å². The number of nitrogens with zero attached hydrogens (tertiary/aromatic N) is 1. The minimum Gasteiger partial charge on any atom is -0.507 e. The number of hydrogen-bond donors (Lipinski definition) is 2. The van der Waals surface area contributed by atoms with Gasteiger partial charge in [-0.3, -0.25) is 4.79 Å². The number of nitrogens with one attached hydrogen (secondary N) is 1. The summed E-state index contributed by atoms with van der Waals surface area (Å²) in [6, 6.07) is 5.34. The van der Waals surface area contributed by atoms with Crippen LogP contribution in [0.15, 0.2) is 36.0 Å². The zero-order valence-corrected chi connectivity index (χ0v) is 9.10. The molecule has 0 heterocycles. The monoisotopic (exact) mass is 218 g/mol. The van der Waals surface area contributed by atoms with E-state index in [4.69, 9.17) is 0 Å². The highest BCUT2D eigenvalue weighted by molar-refractivity contribution is 5.85. The molecule has 4 nitrogen and oxygen atoms in total. The van der Waals surface area contributed by atoms with Crippen LogP contribution in [0.2, 0.25) is 0 Å². The normalized spacial score (nSPS) is 10.3. The van der Waals surface area contributed by atoms with E-state index in [2.05, 4.69) is 17.1 Å². The Bertz CT molecular complexity index is 425. The van der Waals surface area contributed by atoms with Gasteiger partial charge in [0.05, 0.1) is 6.21 Å². The maximum absolute atomic E-state index is 10.6. The number of hydrogen-bond acceptors (Lipinski definition) is 3. The summed E-state index contributed by atoms with van der Waals surface area (Å²) in [5.41, 5.74) is 3.61. The number of carbonyl (C=O) groups is 1. The lowest BCUT2D eigenvalue weighted by Gasteiger charge is -2.04. The molecule has 0 radical (unpaired) electrons. The Kier molecular flexibility index (Phi) is 4.27. The van der Waals surface area contributed by atoms with Crippen molar-refractivity contribution in [2.45, 2.75) is 13.3 Å². The fourth-order valence-corrected chi connectivity index (χ4v) is 1.23. The van der Waals surface area contributed by atoms with E-state index in [0.717, 1.165) is 5.56 Å². The maximum atomic E-state index is 10.6. The molecule has 16 heavy (non-hydrogen) atoms. The summed E-state index contributed by atoms with van der Waals surface area (Å²) in [4.78, 5) is 10.6. The number of aromatic hydroxyl groups is 1. The van der Waals surface area contributed by atoms with Gasteiger partial charge in [-0.15, -0.1) is 6.58 Å². The highest BCUT2D eigenvalue weighted by atomic mass is 16.3. The first-order chi connectivity index (χ1) is 7.65. The van der Waals surface area contributed by atoms with Crippen LogP contribution in [0.4, 0.5) is 0 Å². The van der Waals surface area contributed by atoms with Gasteiger partial charge >= 0.3 is 0 Å². The van der Waals surface area contributed by atoms with E-state index in [1.165, 1.54) is 13.1 Å². The summed E-state index contributed by atoms with van der Waals surface area (Å²) < 4.78 is 0. The van der Waals surface area contributed by atoms with Crippen molar-refractivity contribution in [2.75, 3.05) is 0 Å². The molecule has 0 saturated heterocycles. The van der Waals surface area contributed by atoms with E-state index in [0.29, 0.717) is 12.0 Å². The summed E-state index contributed by atoms with van der Waals surface area (Å²) >= 11 is 0. The van der Waals surface area contributed by atoms with Crippen molar-refractivity contribution in [2.24, 2.45) is 5.10 Å². The predicted octanol–water partition coefficient (Wildman–Crippen LogP) is 1.59. The average Bonchev–Trinajstić information content (AvgIpc) is 2.23. The molecule has 4 heteroatoms. The largest absolute Gasteiger partial charge is 0.507 e. The van der Waals surface area contributed by atoms with E-state index in [1.54, 1.807) is 12.1 Å². The molecule has 0 bridgehead atoms. The molecule has 0 atom stereocenters. The second kappa shape index (κ2) is 5.70. The van der Waals surface area contributed by atoms with Gasteiger partial charge in [-0.2, -0.15) is 5.10 Å². The van der Waals surface area contributed by atoms with E-state index in [9.17, 15) is 9.90 Å². The average molecular weight is 218 g/mol. The Hall–Kier alpha value is -2.10. The predicted molar refractivity (Wildman–Crippen MR) is 63.4 cm³/mol. The van der Waals surface area contributed by atoms with Crippen LogP contribution < -0.4 is 5.43 Å². The van der Waals surface area contributed by atoms with Crippen LogP contribution in [0.1, 0.15) is 18.1 Å². The third kappa shape index (κ3) is 3.24. The van der Waals surface area contributed by atoms with Crippen LogP contribution in [-0.4, -0.2) is 17.2 Å². The maximum Gasteiger partial charge on any atom is 0.236 e. The van der Waals surface area contributed by atoms with Crippen molar-refractivity contribution in [3.05, 3.63) is 42.0 Å². The number of rotatable bonds is 4. The Morgan fingerprint density at radius 2 is 2.38 bits per heavy atom. The molecule has 0 aromatic heterocycles. The zero-order chi connectivity index (χ0) is 12.0. The Morgan fingerprint density at radius 1 is 1.62 bits per heavy atom. The molecule has 0 aliphatic carbocycles. The van der Waals surface area contributed by atoms with E-state index >= 15 is 0 Å². The second-order valence-corrected chi connectivity index (χ2v) is 3.27. The van der Waals surface area contributed by atoms with Gasteiger partial charge in [0.15, 0.2) is 0 Å². The number of hydrazone groups is 1. The van der Waals surface area contributed by atoms with Crippen LogP contribution >= 0.6 is 0 Å². The SMILES string of the molecule is C=CCc1cccc(C=NNC(C)=O)c1O. The lowest BCUT2D eigenvalue weighted by Crippen LogP contribution is -2.12. The third-order valence-electron chi connectivity index (χ3n) is 1.94. The van der Waals surface area contributed by atoms with Crippen molar-refractivity contribution in [1.82, 2.24) is 5.43 Å². The Labute approximate surface area is 94.3 Å². The fraction of sp³-hybridized carbons (Fsp3) is 0.167. The number of phenolic OH excluding ortho intramolecular Hbond substituents is 1.